The lowest BCUT2D eigenvalue weighted by molar-refractivity contribution is -0.129. The summed E-state index contributed by atoms with van der Waals surface area (Å²) in [6, 6.07) is 5.51. The minimum Gasteiger partial charge on any atom is -0.356 e. The molecular weight excluding hydrogens is 616 g/mol. The summed E-state index contributed by atoms with van der Waals surface area (Å²) in [7, 11) is -3.85. The van der Waals surface area contributed by atoms with E-state index < -0.39 is 21.9 Å². The number of halogens is 3. The lowest BCUT2D eigenvalue weighted by Crippen LogP contribution is -2.49. The van der Waals surface area contributed by atoms with Crippen LogP contribution in [-0.4, -0.2) is 80.3 Å². The molecule has 44 heavy (non-hydrogen) atoms. The standard InChI is InChI=1S/C29H38ClF2N7O4S/c30-24-17-22(29(31,32)21-6-4-20(5-7-21)28(41)34-11-2-10-33)18-26(36-24)37-13-15-38(16-14-37)44(42,43)23-8-9-25(35-19-23)39-12-1-3-27(39)40/h8-9,17-21H,1-7,10-16,33H2,(H,34,41). The van der Waals surface area contributed by atoms with Crippen molar-refractivity contribution in [3.8, 4) is 0 Å². The molecule has 2 amide bonds. The van der Waals surface area contributed by atoms with E-state index in [1.807, 2.05) is 0 Å². The van der Waals surface area contributed by atoms with Gasteiger partial charge in [-0.2, -0.15) is 4.31 Å². The Bertz CT molecular complexity index is 1450. The van der Waals surface area contributed by atoms with Crippen molar-refractivity contribution < 1.29 is 26.8 Å². The van der Waals surface area contributed by atoms with Crippen LogP contribution in [0.4, 0.5) is 20.4 Å². The number of aromatic nitrogens is 2. The fourth-order valence-electron chi connectivity index (χ4n) is 6.13. The number of sulfonamides is 1. The quantitative estimate of drug-likeness (QED) is 0.294. The van der Waals surface area contributed by atoms with Crippen molar-refractivity contribution in [1.82, 2.24) is 19.6 Å². The molecule has 11 nitrogen and oxygen atoms in total. The van der Waals surface area contributed by atoms with Crippen molar-refractivity contribution in [1.29, 1.82) is 0 Å². The molecule has 0 bridgehead atoms. The van der Waals surface area contributed by atoms with Crippen LogP contribution in [0, 0.1) is 11.8 Å². The summed E-state index contributed by atoms with van der Waals surface area (Å²) in [5.41, 5.74) is 5.23. The normalized spacial score (nSPS) is 22.0. The number of hydrogen-bond donors (Lipinski definition) is 2. The van der Waals surface area contributed by atoms with Crippen LogP contribution in [0.3, 0.4) is 0 Å². The van der Waals surface area contributed by atoms with Gasteiger partial charge in [0.2, 0.25) is 21.8 Å². The fourth-order valence-corrected chi connectivity index (χ4v) is 7.70. The summed E-state index contributed by atoms with van der Waals surface area (Å²) < 4.78 is 59.4. The first-order valence-electron chi connectivity index (χ1n) is 15.1. The molecule has 15 heteroatoms. The Morgan fingerprint density at radius 3 is 2.41 bits per heavy atom. The van der Waals surface area contributed by atoms with E-state index in [4.69, 9.17) is 17.3 Å². The molecule has 5 rings (SSSR count). The number of rotatable bonds is 10. The van der Waals surface area contributed by atoms with Gasteiger partial charge in [-0.15, -0.1) is 0 Å². The number of carbonyl (C=O) groups is 2. The van der Waals surface area contributed by atoms with E-state index in [2.05, 4.69) is 15.3 Å². The molecule has 1 aliphatic carbocycles. The largest absolute Gasteiger partial charge is 0.356 e. The average Bonchev–Trinajstić information content (AvgIpc) is 3.46. The van der Waals surface area contributed by atoms with E-state index in [0.717, 1.165) is 6.42 Å². The molecule has 2 aromatic heterocycles. The van der Waals surface area contributed by atoms with Crippen LogP contribution in [0.5, 0.6) is 0 Å². The first-order valence-corrected chi connectivity index (χ1v) is 16.9. The van der Waals surface area contributed by atoms with Gasteiger partial charge in [0.05, 0.1) is 0 Å². The second-order valence-electron chi connectivity index (χ2n) is 11.5. The van der Waals surface area contributed by atoms with Crippen molar-refractivity contribution in [2.45, 2.75) is 55.8 Å². The van der Waals surface area contributed by atoms with Crippen molar-refractivity contribution >= 4 is 45.1 Å². The lowest BCUT2D eigenvalue weighted by Gasteiger charge is -2.36. The zero-order valence-electron chi connectivity index (χ0n) is 24.4. The highest BCUT2D eigenvalue weighted by molar-refractivity contribution is 7.89. The summed E-state index contributed by atoms with van der Waals surface area (Å²) in [6.45, 7) is 2.21. The zero-order valence-corrected chi connectivity index (χ0v) is 26.0. The number of pyridine rings is 2. The van der Waals surface area contributed by atoms with Gasteiger partial charge < -0.3 is 16.0 Å². The maximum Gasteiger partial charge on any atom is 0.276 e. The monoisotopic (exact) mass is 653 g/mol. The van der Waals surface area contributed by atoms with E-state index in [9.17, 15) is 18.0 Å². The maximum atomic E-state index is 15.8. The van der Waals surface area contributed by atoms with Crippen LogP contribution < -0.4 is 20.9 Å². The second kappa shape index (κ2) is 13.6. The van der Waals surface area contributed by atoms with Crippen LogP contribution >= 0.6 is 11.6 Å². The second-order valence-corrected chi connectivity index (χ2v) is 13.9. The molecule has 3 N–H and O–H groups in total. The fraction of sp³-hybridized carbons (Fsp3) is 0.586. The Morgan fingerprint density at radius 1 is 1.07 bits per heavy atom. The number of piperazine rings is 1. The third-order valence-electron chi connectivity index (χ3n) is 8.73. The van der Waals surface area contributed by atoms with E-state index in [1.54, 1.807) is 9.80 Å². The summed E-state index contributed by atoms with van der Waals surface area (Å²) >= 11 is 6.22. The SMILES string of the molecule is NCCCNC(=O)C1CCC(C(F)(F)c2cc(Cl)nc(N3CCN(S(=O)(=O)c4ccc(N5CCCC5=O)nc4)CC3)c2)CC1. The molecule has 0 radical (unpaired) electrons. The highest BCUT2D eigenvalue weighted by atomic mass is 35.5. The highest BCUT2D eigenvalue weighted by Crippen LogP contribution is 2.46. The predicted octanol–water partition coefficient (Wildman–Crippen LogP) is 3.13. The number of nitrogens with one attached hydrogen (secondary N) is 1. The Hall–Kier alpha value is -2.94. The van der Waals surface area contributed by atoms with Crippen LogP contribution in [-0.2, 0) is 25.5 Å². The highest BCUT2D eigenvalue weighted by Gasteiger charge is 2.44. The average molecular weight is 654 g/mol. The Morgan fingerprint density at radius 2 is 1.80 bits per heavy atom. The third-order valence-corrected chi connectivity index (χ3v) is 10.8. The van der Waals surface area contributed by atoms with Gasteiger partial charge in [0.25, 0.3) is 5.92 Å². The van der Waals surface area contributed by atoms with E-state index in [-0.39, 0.29) is 78.2 Å². The molecule has 2 saturated heterocycles. The van der Waals surface area contributed by atoms with Gasteiger partial charge in [-0.3, -0.25) is 14.5 Å². The van der Waals surface area contributed by atoms with Crippen LogP contribution in [0.2, 0.25) is 5.15 Å². The van der Waals surface area contributed by atoms with Crippen molar-refractivity contribution in [2.75, 3.05) is 55.6 Å². The molecule has 2 aromatic rings. The first kappa shape index (κ1) is 32.5. The van der Waals surface area contributed by atoms with Gasteiger partial charge in [-0.1, -0.05) is 11.6 Å². The first-order chi connectivity index (χ1) is 21.0. The maximum absolute atomic E-state index is 15.8. The molecule has 0 aromatic carbocycles. The minimum atomic E-state index is -3.85. The van der Waals surface area contributed by atoms with E-state index >= 15 is 8.78 Å². The number of anilines is 2. The van der Waals surface area contributed by atoms with Gasteiger partial charge >= 0.3 is 0 Å². The smallest absolute Gasteiger partial charge is 0.276 e. The van der Waals surface area contributed by atoms with Crippen molar-refractivity contribution in [2.24, 2.45) is 17.6 Å². The van der Waals surface area contributed by atoms with Gasteiger partial charge in [0, 0.05) is 69.3 Å². The minimum absolute atomic E-state index is 0.0203. The number of alkyl halides is 2. The molecule has 3 fully saturated rings. The topological polar surface area (TPSA) is 142 Å². The zero-order chi connectivity index (χ0) is 31.5. The molecule has 0 atom stereocenters. The van der Waals surface area contributed by atoms with Crippen molar-refractivity contribution in [3.63, 3.8) is 0 Å². The predicted molar refractivity (Wildman–Crippen MR) is 162 cm³/mol. The summed E-state index contributed by atoms with van der Waals surface area (Å²) in [6.07, 6.45) is 4.29. The Balaban J connectivity index is 1.20. The van der Waals surface area contributed by atoms with Gasteiger partial charge in [0.1, 0.15) is 21.7 Å². The number of nitrogens with zero attached hydrogens (tertiary/aromatic N) is 5. The third kappa shape index (κ3) is 6.98. The number of amides is 2. The van der Waals surface area contributed by atoms with Crippen LogP contribution in [0.1, 0.15) is 50.5 Å². The lowest BCUT2D eigenvalue weighted by atomic mass is 9.77. The van der Waals surface area contributed by atoms with Gasteiger partial charge in [-0.25, -0.2) is 27.2 Å². The number of nitrogens with two attached hydrogens (primary N) is 1. The number of hydrogen-bond acceptors (Lipinski definition) is 8. The Kier molecular flexibility index (Phi) is 10.0. The molecule has 4 heterocycles. The molecule has 1 saturated carbocycles. The van der Waals surface area contributed by atoms with Crippen LogP contribution in [0.15, 0.2) is 35.4 Å². The summed E-state index contributed by atoms with van der Waals surface area (Å²) in [4.78, 5) is 36.2. The molecule has 240 valence electrons. The summed E-state index contributed by atoms with van der Waals surface area (Å²) in [5, 5.41) is 2.76. The molecule has 3 aliphatic rings. The van der Waals surface area contributed by atoms with Crippen molar-refractivity contribution in [3.05, 3.63) is 41.2 Å². The molecule has 2 aliphatic heterocycles. The van der Waals surface area contributed by atoms with E-state index in [1.165, 1.54) is 34.8 Å². The van der Waals surface area contributed by atoms with Gasteiger partial charge in [-0.05, 0) is 69.3 Å². The summed E-state index contributed by atoms with van der Waals surface area (Å²) in [5.74, 6) is -3.86. The molecule has 0 spiro atoms. The van der Waals surface area contributed by atoms with Gasteiger partial charge in [0.15, 0.2) is 0 Å². The van der Waals surface area contributed by atoms with E-state index in [0.29, 0.717) is 51.1 Å². The van der Waals surface area contributed by atoms with Crippen LogP contribution in [0.25, 0.3) is 0 Å². The molecular formula is C29H38ClF2N7O4S. The Labute approximate surface area is 261 Å². The molecule has 0 unspecified atom stereocenters. The number of carbonyl (C=O) groups excluding carboxylic acids is 2.